The van der Waals surface area contributed by atoms with Crippen molar-refractivity contribution in [3.63, 3.8) is 0 Å². The summed E-state index contributed by atoms with van der Waals surface area (Å²) in [7, 11) is 0. The van der Waals surface area contributed by atoms with Crippen LogP contribution in [0.2, 0.25) is 0 Å². The molecule has 0 unspecified atom stereocenters. The molecule has 28 heavy (non-hydrogen) atoms. The first-order valence-corrected chi connectivity index (χ1v) is 9.24. The maximum atomic E-state index is 13.4. The number of hydrogen-bond acceptors (Lipinski definition) is 2. The Morgan fingerprint density at radius 1 is 1.21 bits per heavy atom. The summed E-state index contributed by atoms with van der Waals surface area (Å²) in [6.07, 6.45) is 0.889. The van der Waals surface area contributed by atoms with Gasteiger partial charge in [-0.15, -0.1) is 24.0 Å². The fraction of sp³-hybridized carbons (Fsp3) is 0.333. The molecule has 2 N–H and O–H groups in total. The minimum absolute atomic E-state index is 0. The van der Waals surface area contributed by atoms with E-state index in [9.17, 15) is 9.18 Å². The molecule has 0 fully saturated rings. The van der Waals surface area contributed by atoms with Gasteiger partial charge in [-0.2, -0.15) is 0 Å². The van der Waals surface area contributed by atoms with Gasteiger partial charge in [-0.1, -0.05) is 30.3 Å². The number of benzene rings is 2. The van der Waals surface area contributed by atoms with Crippen LogP contribution in [0.4, 0.5) is 10.1 Å². The minimum Gasteiger partial charge on any atom is -0.357 e. The lowest BCUT2D eigenvalue weighted by Crippen LogP contribution is -2.44. The number of aryl methyl sites for hydroxylation is 1. The molecule has 0 aliphatic carbocycles. The van der Waals surface area contributed by atoms with Gasteiger partial charge < -0.3 is 15.5 Å². The highest BCUT2D eigenvalue weighted by Gasteiger charge is 2.23. The lowest BCUT2D eigenvalue weighted by atomic mass is 10.1. The monoisotopic (exact) mass is 496 g/mol. The molecule has 3 rings (SSSR count). The van der Waals surface area contributed by atoms with E-state index in [0.717, 1.165) is 17.7 Å². The van der Waals surface area contributed by atoms with E-state index in [-0.39, 0.29) is 42.2 Å². The third-order valence-corrected chi connectivity index (χ3v) is 4.58. The van der Waals surface area contributed by atoms with Gasteiger partial charge in [0, 0.05) is 18.8 Å². The predicted octanol–water partition coefficient (Wildman–Crippen LogP) is 3.40. The van der Waals surface area contributed by atoms with Crippen LogP contribution in [-0.2, 0) is 17.8 Å². The molecular weight excluding hydrogens is 470 g/mol. The van der Waals surface area contributed by atoms with E-state index in [4.69, 9.17) is 0 Å². The van der Waals surface area contributed by atoms with E-state index >= 15 is 0 Å². The van der Waals surface area contributed by atoms with Crippen LogP contribution in [0.15, 0.2) is 47.5 Å². The van der Waals surface area contributed by atoms with E-state index in [1.54, 1.807) is 19.1 Å². The molecular formula is C21H26FIN4O. The van der Waals surface area contributed by atoms with E-state index in [1.807, 2.05) is 30.0 Å². The molecule has 5 nitrogen and oxygen atoms in total. The van der Waals surface area contributed by atoms with Crippen LogP contribution < -0.4 is 15.5 Å². The summed E-state index contributed by atoms with van der Waals surface area (Å²) in [6, 6.07) is 13.0. The van der Waals surface area contributed by atoms with E-state index < -0.39 is 0 Å². The largest absolute Gasteiger partial charge is 0.357 e. The van der Waals surface area contributed by atoms with Gasteiger partial charge in [0.05, 0.1) is 13.1 Å². The summed E-state index contributed by atoms with van der Waals surface area (Å²) in [5, 5.41) is 6.24. The summed E-state index contributed by atoms with van der Waals surface area (Å²) in [4.78, 5) is 18.9. The lowest BCUT2D eigenvalue weighted by molar-refractivity contribution is -0.117. The summed E-state index contributed by atoms with van der Waals surface area (Å²) < 4.78 is 13.4. The zero-order chi connectivity index (χ0) is 19.2. The summed E-state index contributed by atoms with van der Waals surface area (Å²) >= 11 is 0. The molecule has 0 aromatic heterocycles. The van der Waals surface area contributed by atoms with Gasteiger partial charge in [0.15, 0.2) is 5.96 Å². The zero-order valence-electron chi connectivity index (χ0n) is 16.2. The van der Waals surface area contributed by atoms with E-state index in [1.165, 1.54) is 11.6 Å². The maximum absolute atomic E-state index is 13.4. The number of amides is 1. The van der Waals surface area contributed by atoms with Crippen molar-refractivity contribution in [2.45, 2.75) is 26.8 Å². The van der Waals surface area contributed by atoms with Gasteiger partial charge in [-0.3, -0.25) is 4.79 Å². The molecule has 2 aromatic carbocycles. The Bertz CT molecular complexity index is 856. The second kappa shape index (κ2) is 10.4. The molecule has 150 valence electrons. The Hall–Kier alpha value is -2.16. The summed E-state index contributed by atoms with van der Waals surface area (Å²) in [6.45, 7) is 5.69. The van der Waals surface area contributed by atoms with Crippen LogP contribution in [0.25, 0.3) is 0 Å². The number of para-hydroxylation sites is 1. The molecule has 0 spiro atoms. The number of rotatable bonds is 5. The Balaban J connectivity index is 0.00000280. The smallest absolute Gasteiger partial charge is 0.246 e. The third-order valence-electron chi connectivity index (χ3n) is 4.58. The fourth-order valence-corrected chi connectivity index (χ4v) is 3.17. The van der Waals surface area contributed by atoms with Crippen LogP contribution in [0.5, 0.6) is 0 Å². The highest BCUT2D eigenvalue weighted by molar-refractivity contribution is 14.0. The Labute approximate surface area is 182 Å². The van der Waals surface area contributed by atoms with E-state index in [0.29, 0.717) is 31.2 Å². The first-order valence-electron chi connectivity index (χ1n) is 9.24. The summed E-state index contributed by atoms with van der Waals surface area (Å²) in [5.74, 6) is 0.368. The SMILES string of the molecule is CCNC(=NCc1ccc(F)c(C)c1)NCC(=O)N1CCc2ccccc21.I. The number of carbonyl (C=O) groups is 1. The molecule has 1 heterocycles. The molecule has 0 saturated heterocycles. The summed E-state index contributed by atoms with van der Waals surface area (Å²) in [5.41, 5.74) is 3.72. The number of guanidine groups is 1. The number of anilines is 1. The lowest BCUT2D eigenvalue weighted by Gasteiger charge is -2.18. The van der Waals surface area contributed by atoms with Gasteiger partial charge in [0.25, 0.3) is 0 Å². The molecule has 1 amide bonds. The molecule has 0 saturated carbocycles. The van der Waals surface area contributed by atoms with Crippen molar-refractivity contribution in [1.82, 2.24) is 10.6 Å². The number of halogens is 2. The molecule has 1 aliphatic heterocycles. The Morgan fingerprint density at radius 3 is 2.75 bits per heavy atom. The van der Waals surface area contributed by atoms with E-state index in [2.05, 4.69) is 21.7 Å². The first kappa shape index (κ1) is 22.1. The van der Waals surface area contributed by atoms with Crippen LogP contribution in [-0.4, -0.2) is 31.5 Å². The number of carbonyl (C=O) groups excluding carboxylic acids is 1. The third kappa shape index (κ3) is 5.43. The average molecular weight is 496 g/mol. The topological polar surface area (TPSA) is 56.7 Å². The first-order chi connectivity index (χ1) is 13.1. The molecule has 7 heteroatoms. The highest BCUT2D eigenvalue weighted by Crippen LogP contribution is 2.27. The van der Waals surface area contributed by atoms with Gasteiger partial charge in [-0.05, 0) is 49.1 Å². The second-order valence-electron chi connectivity index (χ2n) is 6.56. The number of nitrogens with zero attached hydrogens (tertiary/aromatic N) is 2. The molecule has 0 atom stereocenters. The number of aliphatic imine (C=N–C) groups is 1. The predicted molar refractivity (Wildman–Crippen MR) is 122 cm³/mol. The van der Waals surface area contributed by atoms with Crippen molar-refractivity contribution in [3.05, 3.63) is 65.0 Å². The van der Waals surface area contributed by atoms with Gasteiger partial charge >= 0.3 is 0 Å². The van der Waals surface area contributed by atoms with Crippen molar-refractivity contribution in [1.29, 1.82) is 0 Å². The van der Waals surface area contributed by atoms with Gasteiger partial charge in [0.2, 0.25) is 5.91 Å². The van der Waals surface area contributed by atoms with Crippen LogP contribution in [0.3, 0.4) is 0 Å². The van der Waals surface area contributed by atoms with Crippen LogP contribution in [0, 0.1) is 12.7 Å². The highest BCUT2D eigenvalue weighted by atomic mass is 127. The second-order valence-corrected chi connectivity index (χ2v) is 6.56. The fourth-order valence-electron chi connectivity index (χ4n) is 3.17. The number of nitrogens with one attached hydrogen (secondary N) is 2. The Morgan fingerprint density at radius 2 is 2.00 bits per heavy atom. The normalized spacial score (nSPS) is 13.0. The Kier molecular flexibility index (Phi) is 8.22. The maximum Gasteiger partial charge on any atom is 0.246 e. The van der Waals surface area contributed by atoms with Crippen LogP contribution >= 0.6 is 24.0 Å². The van der Waals surface area contributed by atoms with Gasteiger partial charge in [-0.25, -0.2) is 9.38 Å². The van der Waals surface area contributed by atoms with Crippen LogP contribution in [0.1, 0.15) is 23.6 Å². The number of hydrogen-bond donors (Lipinski definition) is 2. The molecule has 1 aliphatic rings. The molecule has 0 radical (unpaired) electrons. The molecule has 2 aromatic rings. The standard InChI is InChI=1S/C21H25FN4O.HI/c1-3-23-21(24-13-16-8-9-18(22)15(2)12-16)25-14-20(27)26-11-10-17-6-4-5-7-19(17)26;/h4-9,12H,3,10-11,13-14H2,1-2H3,(H2,23,24,25);1H. The van der Waals surface area contributed by atoms with Crippen molar-refractivity contribution in [2.75, 3.05) is 24.5 Å². The minimum atomic E-state index is -0.218. The van der Waals surface area contributed by atoms with Crippen molar-refractivity contribution < 1.29 is 9.18 Å². The van der Waals surface area contributed by atoms with Crippen molar-refractivity contribution in [3.8, 4) is 0 Å². The average Bonchev–Trinajstić information content (AvgIpc) is 3.10. The number of fused-ring (bicyclic) bond motifs is 1. The van der Waals surface area contributed by atoms with Gasteiger partial charge in [0.1, 0.15) is 5.82 Å². The zero-order valence-corrected chi connectivity index (χ0v) is 18.5. The van der Waals surface area contributed by atoms with Crippen molar-refractivity contribution >= 4 is 41.5 Å². The van der Waals surface area contributed by atoms with Crippen molar-refractivity contribution in [2.24, 2.45) is 4.99 Å². The quantitative estimate of drug-likeness (QED) is 0.379. The molecule has 0 bridgehead atoms.